The quantitative estimate of drug-likeness (QED) is 0.364. The minimum Gasteiger partial charge on any atom is -0.492 e. The van der Waals surface area contributed by atoms with Gasteiger partial charge in [-0.15, -0.1) is 0 Å². The zero-order valence-electron chi connectivity index (χ0n) is 16.3. The van der Waals surface area contributed by atoms with Crippen molar-refractivity contribution in [1.82, 2.24) is 4.90 Å². The molecule has 4 nitrogen and oxygen atoms in total. The van der Waals surface area contributed by atoms with Crippen LogP contribution in [-0.2, 0) is 0 Å². The first-order chi connectivity index (χ1) is 14.5. The van der Waals surface area contributed by atoms with Crippen LogP contribution in [0.15, 0.2) is 40.9 Å². The van der Waals surface area contributed by atoms with Crippen molar-refractivity contribution in [2.75, 3.05) is 38.4 Å². The highest BCUT2D eigenvalue weighted by Crippen LogP contribution is 2.41. The molecule has 0 bridgehead atoms. The van der Waals surface area contributed by atoms with Gasteiger partial charge in [0.1, 0.15) is 11.6 Å². The molecule has 2 aliphatic rings. The van der Waals surface area contributed by atoms with Crippen LogP contribution < -0.4 is 14.2 Å². The Morgan fingerprint density at radius 3 is 2.63 bits per heavy atom. The van der Waals surface area contributed by atoms with Gasteiger partial charge in [-0.2, -0.15) is 0 Å². The van der Waals surface area contributed by atoms with Gasteiger partial charge in [-0.3, -0.25) is 0 Å². The SMILES string of the molecule is Fc1ccc([C@H]2CCN(CC(Br)CBr)C[C@@H]2COc2cc3c(cc2Br)OCO3)cc1. The minimum atomic E-state index is -0.201. The highest BCUT2D eigenvalue weighted by atomic mass is 79.9. The number of likely N-dealkylation sites (tertiary alicyclic amines) is 1. The average molecular weight is 608 g/mol. The number of halogens is 4. The Balaban J connectivity index is 1.50. The molecule has 4 rings (SSSR count). The summed E-state index contributed by atoms with van der Waals surface area (Å²) in [5.41, 5.74) is 1.17. The summed E-state index contributed by atoms with van der Waals surface area (Å²) in [7, 11) is 0. The topological polar surface area (TPSA) is 30.9 Å². The summed E-state index contributed by atoms with van der Waals surface area (Å²) in [5.74, 6) is 2.58. The summed E-state index contributed by atoms with van der Waals surface area (Å²) >= 11 is 10.8. The molecule has 0 spiro atoms. The Bertz CT molecular complexity index is 867. The van der Waals surface area contributed by atoms with Gasteiger partial charge in [0.05, 0.1) is 11.1 Å². The van der Waals surface area contributed by atoms with Gasteiger partial charge in [0.25, 0.3) is 0 Å². The summed E-state index contributed by atoms with van der Waals surface area (Å²) in [6, 6.07) is 10.7. The first-order valence-electron chi connectivity index (χ1n) is 9.93. The number of hydrogen-bond donors (Lipinski definition) is 0. The van der Waals surface area contributed by atoms with Crippen LogP contribution in [0.1, 0.15) is 17.9 Å². The van der Waals surface area contributed by atoms with Gasteiger partial charge >= 0.3 is 0 Å². The lowest BCUT2D eigenvalue weighted by Crippen LogP contribution is -2.44. The zero-order valence-corrected chi connectivity index (χ0v) is 21.1. The van der Waals surface area contributed by atoms with Crippen LogP contribution >= 0.6 is 47.8 Å². The Labute approximate surface area is 201 Å². The molecule has 0 N–H and O–H groups in total. The predicted molar refractivity (Wildman–Crippen MR) is 126 cm³/mol. The Kier molecular flexibility index (Phi) is 7.60. The molecule has 0 radical (unpaired) electrons. The first kappa shape index (κ1) is 22.4. The van der Waals surface area contributed by atoms with Crippen LogP contribution in [0, 0.1) is 11.7 Å². The molecule has 3 atom stereocenters. The van der Waals surface area contributed by atoms with Gasteiger partial charge in [-0.25, -0.2) is 4.39 Å². The molecule has 1 unspecified atom stereocenters. The maximum Gasteiger partial charge on any atom is 0.231 e. The summed E-state index contributed by atoms with van der Waals surface area (Å²) in [6.45, 7) is 3.72. The van der Waals surface area contributed by atoms with Gasteiger partial charge in [0.2, 0.25) is 6.79 Å². The van der Waals surface area contributed by atoms with Gasteiger partial charge in [-0.05, 0) is 52.5 Å². The molecule has 0 aliphatic carbocycles. The number of ether oxygens (including phenoxy) is 3. The molecular weight excluding hydrogens is 585 g/mol. The van der Waals surface area contributed by atoms with E-state index in [2.05, 4.69) is 52.7 Å². The highest BCUT2D eigenvalue weighted by molar-refractivity contribution is 9.12. The van der Waals surface area contributed by atoms with E-state index in [1.54, 1.807) is 12.1 Å². The van der Waals surface area contributed by atoms with Crippen molar-refractivity contribution >= 4 is 47.8 Å². The van der Waals surface area contributed by atoms with Gasteiger partial charge < -0.3 is 19.1 Å². The lowest BCUT2D eigenvalue weighted by molar-refractivity contribution is 0.112. The Hall–Kier alpha value is -0.830. The predicted octanol–water partition coefficient (Wildman–Crippen LogP) is 5.96. The first-order valence-corrected chi connectivity index (χ1v) is 12.8. The fraction of sp³-hybridized carbons (Fsp3) is 0.455. The molecule has 162 valence electrons. The summed E-state index contributed by atoms with van der Waals surface area (Å²) in [6.07, 6.45) is 1.02. The fourth-order valence-electron chi connectivity index (χ4n) is 4.13. The van der Waals surface area contributed by atoms with Crippen LogP contribution in [0.2, 0.25) is 0 Å². The molecule has 1 saturated heterocycles. The van der Waals surface area contributed by atoms with Gasteiger partial charge in [0, 0.05) is 41.3 Å². The van der Waals surface area contributed by atoms with Crippen LogP contribution in [0.4, 0.5) is 4.39 Å². The second kappa shape index (κ2) is 10.2. The van der Waals surface area contributed by atoms with E-state index in [0.717, 1.165) is 47.4 Å². The van der Waals surface area contributed by atoms with E-state index in [0.29, 0.717) is 23.1 Å². The van der Waals surface area contributed by atoms with E-state index in [1.807, 2.05) is 24.3 Å². The third-order valence-electron chi connectivity index (χ3n) is 5.62. The van der Waals surface area contributed by atoms with Crippen LogP contribution in [0.25, 0.3) is 0 Å². The molecule has 2 heterocycles. The van der Waals surface area contributed by atoms with E-state index in [9.17, 15) is 4.39 Å². The van der Waals surface area contributed by atoms with Crippen molar-refractivity contribution in [3.63, 3.8) is 0 Å². The Morgan fingerprint density at radius 1 is 1.17 bits per heavy atom. The number of alkyl halides is 2. The van der Waals surface area contributed by atoms with E-state index in [-0.39, 0.29) is 18.5 Å². The van der Waals surface area contributed by atoms with Gasteiger partial charge in [-0.1, -0.05) is 44.0 Å². The monoisotopic (exact) mass is 605 g/mol. The third-order valence-corrected chi connectivity index (χ3v) is 8.50. The minimum absolute atomic E-state index is 0.201. The maximum atomic E-state index is 13.4. The Morgan fingerprint density at radius 2 is 1.90 bits per heavy atom. The molecule has 30 heavy (non-hydrogen) atoms. The van der Waals surface area contributed by atoms with E-state index in [4.69, 9.17) is 14.2 Å². The van der Waals surface area contributed by atoms with Crippen molar-refractivity contribution in [3.05, 3.63) is 52.3 Å². The van der Waals surface area contributed by atoms with Crippen LogP contribution in [0.5, 0.6) is 17.2 Å². The normalized spacial score (nSPS) is 22.1. The molecule has 8 heteroatoms. The highest BCUT2D eigenvalue weighted by Gasteiger charge is 2.32. The standard InChI is InChI=1S/C22H23Br3FNO3/c23-9-16(24)11-27-6-5-18(14-1-3-17(26)4-2-14)15(10-27)12-28-20-8-22-21(7-19(20)25)29-13-30-22/h1-4,7-8,15-16,18H,5-6,9-13H2/t15-,16?,18-/m1/s1. The lowest BCUT2D eigenvalue weighted by atomic mass is 9.81. The van der Waals surface area contributed by atoms with Crippen molar-refractivity contribution in [2.24, 2.45) is 5.92 Å². The fourth-order valence-corrected chi connectivity index (χ4v) is 5.18. The van der Waals surface area contributed by atoms with E-state index in [1.165, 1.54) is 5.56 Å². The van der Waals surface area contributed by atoms with Crippen molar-refractivity contribution < 1.29 is 18.6 Å². The summed E-state index contributed by atoms with van der Waals surface area (Å²) in [4.78, 5) is 2.88. The molecule has 2 aromatic rings. The number of benzene rings is 2. The summed E-state index contributed by atoms with van der Waals surface area (Å²) < 4.78 is 31.5. The second-order valence-electron chi connectivity index (χ2n) is 7.66. The second-order valence-corrected chi connectivity index (χ2v) is 10.5. The van der Waals surface area contributed by atoms with E-state index < -0.39 is 0 Å². The van der Waals surface area contributed by atoms with Crippen molar-refractivity contribution in [2.45, 2.75) is 17.2 Å². The van der Waals surface area contributed by atoms with Gasteiger partial charge in [0.15, 0.2) is 11.5 Å². The third kappa shape index (κ3) is 5.31. The molecule has 2 aromatic carbocycles. The van der Waals surface area contributed by atoms with Crippen LogP contribution in [0.3, 0.4) is 0 Å². The molecule has 0 amide bonds. The number of nitrogens with zero attached hydrogens (tertiary/aromatic N) is 1. The zero-order chi connectivity index (χ0) is 21.1. The number of fused-ring (bicyclic) bond motifs is 1. The smallest absolute Gasteiger partial charge is 0.231 e. The summed E-state index contributed by atoms with van der Waals surface area (Å²) in [5, 5.41) is 0.913. The molecule has 2 aliphatic heterocycles. The molecule has 1 fully saturated rings. The van der Waals surface area contributed by atoms with Crippen LogP contribution in [-0.4, -0.2) is 48.1 Å². The molecule has 0 saturated carbocycles. The average Bonchev–Trinajstić information content (AvgIpc) is 3.20. The number of hydrogen-bond acceptors (Lipinski definition) is 4. The van der Waals surface area contributed by atoms with Crippen molar-refractivity contribution in [1.29, 1.82) is 0 Å². The lowest BCUT2D eigenvalue weighted by Gasteiger charge is -2.39. The molecule has 0 aromatic heterocycles. The number of rotatable bonds is 7. The number of piperidine rings is 1. The maximum absolute atomic E-state index is 13.4. The van der Waals surface area contributed by atoms with E-state index >= 15 is 0 Å². The molecular formula is C22H23Br3FNO3. The van der Waals surface area contributed by atoms with Crippen molar-refractivity contribution in [3.8, 4) is 17.2 Å². The largest absolute Gasteiger partial charge is 0.492 e.